The van der Waals surface area contributed by atoms with E-state index in [1.807, 2.05) is 24.4 Å². The van der Waals surface area contributed by atoms with Crippen LogP contribution in [0.4, 0.5) is 0 Å². The average Bonchev–Trinajstić information content (AvgIpc) is 2.87. The molecule has 2 rings (SSSR count). The van der Waals surface area contributed by atoms with E-state index in [0.717, 1.165) is 16.0 Å². The zero-order valence-corrected chi connectivity index (χ0v) is 10.4. The Morgan fingerprint density at radius 2 is 2.31 bits per heavy atom. The zero-order chi connectivity index (χ0) is 11.5. The van der Waals surface area contributed by atoms with Crippen molar-refractivity contribution in [2.75, 3.05) is 0 Å². The van der Waals surface area contributed by atoms with Crippen LogP contribution in [0.3, 0.4) is 0 Å². The molecule has 0 radical (unpaired) electrons. The standard InChI is InChI=1S/C12H10O2S2/c1-8-9(7-13)5-12(16-8)11(14)6-10-3-2-4-15-10/h2-5,7H,6H2,1H3. The van der Waals surface area contributed by atoms with Gasteiger partial charge in [-0.25, -0.2) is 0 Å². The Hall–Kier alpha value is -1.26. The van der Waals surface area contributed by atoms with E-state index in [9.17, 15) is 9.59 Å². The molecule has 0 aliphatic carbocycles. The second kappa shape index (κ2) is 4.72. The van der Waals surface area contributed by atoms with Crippen molar-refractivity contribution in [2.24, 2.45) is 0 Å². The smallest absolute Gasteiger partial charge is 0.177 e. The minimum absolute atomic E-state index is 0.0867. The van der Waals surface area contributed by atoms with Crippen LogP contribution in [-0.4, -0.2) is 12.1 Å². The van der Waals surface area contributed by atoms with Gasteiger partial charge >= 0.3 is 0 Å². The van der Waals surface area contributed by atoms with Gasteiger partial charge in [0.25, 0.3) is 0 Å². The van der Waals surface area contributed by atoms with Crippen LogP contribution in [0, 0.1) is 6.92 Å². The minimum atomic E-state index is 0.0867. The van der Waals surface area contributed by atoms with Crippen LogP contribution < -0.4 is 0 Å². The molecule has 0 saturated carbocycles. The fourth-order valence-electron chi connectivity index (χ4n) is 1.41. The van der Waals surface area contributed by atoms with Crippen LogP contribution in [0.5, 0.6) is 0 Å². The maximum atomic E-state index is 11.9. The normalized spacial score (nSPS) is 10.3. The maximum absolute atomic E-state index is 11.9. The third-order valence-electron chi connectivity index (χ3n) is 2.27. The Kier molecular flexibility index (Phi) is 3.31. The van der Waals surface area contributed by atoms with E-state index in [4.69, 9.17) is 0 Å². The molecular weight excluding hydrogens is 240 g/mol. The molecule has 0 spiro atoms. The summed E-state index contributed by atoms with van der Waals surface area (Å²) in [6, 6.07) is 5.57. The van der Waals surface area contributed by atoms with E-state index in [2.05, 4.69) is 0 Å². The van der Waals surface area contributed by atoms with Crippen LogP contribution >= 0.6 is 22.7 Å². The Labute approximate surface area is 102 Å². The summed E-state index contributed by atoms with van der Waals surface area (Å²) in [5.41, 5.74) is 0.625. The molecule has 0 amide bonds. The first-order chi connectivity index (χ1) is 7.70. The van der Waals surface area contributed by atoms with Gasteiger partial charge < -0.3 is 0 Å². The van der Waals surface area contributed by atoms with E-state index in [1.54, 1.807) is 17.4 Å². The molecule has 2 heterocycles. The number of carbonyl (C=O) groups excluding carboxylic acids is 2. The lowest BCUT2D eigenvalue weighted by molar-refractivity contribution is 0.0997. The highest BCUT2D eigenvalue weighted by Crippen LogP contribution is 2.22. The molecule has 4 heteroatoms. The van der Waals surface area contributed by atoms with Gasteiger partial charge in [0.05, 0.1) is 4.88 Å². The Morgan fingerprint density at radius 1 is 1.50 bits per heavy atom. The molecule has 0 aliphatic rings. The molecule has 0 bridgehead atoms. The summed E-state index contributed by atoms with van der Waals surface area (Å²) in [4.78, 5) is 25.2. The fourth-order valence-corrected chi connectivity index (χ4v) is 3.04. The number of carbonyl (C=O) groups is 2. The number of hydrogen-bond donors (Lipinski definition) is 0. The number of aryl methyl sites for hydroxylation is 1. The number of Topliss-reactive ketones (excluding diaryl/α,β-unsaturated/α-hetero) is 1. The highest BCUT2D eigenvalue weighted by atomic mass is 32.1. The summed E-state index contributed by atoms with van der Waals surface area (Å²) in [5.74, 6) is 0.0867. The van der Waals surface area contributed by atoms with Gasteiger partial charge in [0.15, 0.2) is 12.1 Å². The molecule has 2 aromatic rings. The number of thiophene rings is 2. The van der Waals surface area contributed by atoms with E-state index >= 15 is 0 Å². The topological polar surface area (TPSA) is 34.1 Å². The molecule has 2 aromatic heterocycles. The first-order valence-corrected chi connectivity index (χ1v) is 6.51. The van der Waals surface area contributed by atoms with Crippen LogP contribution in [0.15, 0.2) is 23.6 Å². The van der Waals surface area contributed by atoms with Crippen molar-refractivity contribution in [3.05, 3.63) is 43.8 Å². The summed E-state index contributed by atoms with van der Waals surface area (Å²) in [6.07, 6.45) is 1.23. The SMILES string of the molecule is Cc1sc(C(=O)Cc2cccs2)cc1C=O. The molecule has 0 unspecified atom stereocenters. The van der Waals surface area contributed by atoms with Gasteiger partial charge in [-0.2, -0.15) is 0 Å². The van der Waals surface area contributed by atoms with Crippen molar-refractivity contribution in [1.82, 2.24) is 0 Å². The first kappa shape index (κ1) is 11.2. The molecule has 16 heavy (non-hydrogen) atoms. The van der Waals surface area contributed by atoms with Gasteiger partial charge in [-0.15, -0.1) is 22.7 Å². The predicted octanol–water partition coefficient (Wildman–Crippen LogP) is 3.36. The van der Waals surface area contributed by atoms with Crippen LogP contribution in [0.2, 0.25) is 0 Å². The molecule has 0 fully saturated rings. The van der Waals surface area contributed by atoms with Gasteiger partial charge in [0.2, 0.25) is 0 Å². The van der Waals surface area contributed by atoms with Crippen molar-refractivity contribution < 1.29 is 9.59 Å². The van der Waals surface area contributed by atoms with Crippen molar-refractivity contribution in [3.8, 4) is 0 Å². The fraction of sp³-hybridized carbons (Fsp3) is 0.167. The number of rotatable bonds is 4. The monoisotopic (exact) mass is 250 g/mol. The quantitative estimate of drug-likeness (QED) is 0.616. The molecular formula is C12H10O2S2. The van der Waals surface area contributed by atoms with Gasteiger partial charge in [-0.1, -0.05) is 6.07 Å². The van der Waals surface area contributed by atoms with Gasteiger partial charge in [-0.05, 0) is 24.4 Å². The van der Waals surface area contributed by atoms with Crippen LogP contribution in [0.1, 0.15) is 29.8 Å². The average molecular weight is 250 g/mol. The predicted molar refractivity (Wildman–Crippen MR) is 66.8 cm³/mol. The Bertz CT molecular complexity index is 509. The summed E-state index contributed by atoms with van der Waals surface area (Å²) in [6.45, 7) is 1.86. The van der Waals surface area contributed by atoms with Crippen LogP contribution in [-0.2, 0) is 6.42 Å². The first-order valence-electron chi connectivity index (χ1n) is 4.82. The summed E-state index contributed by atoms with van der Waals surface area (Å²) in [5, 5.41) is 1.96. The molecule has 2 nitrogen and oxygen atoms in total. The van der Waals surface area contributed by atoms with Crippen molar-refractivity contribution >= 4 is 34.7 Å². The summed E-state index contributed by atoms with van der Waals surface area (Å²) < 4.78 is 0. The van der Waals surface area contributed by atoms with E-state index in [1.165, 1.54) is 11.3 Å². The minimum Gasteiger partial charge on any atom is -0.298 e. The molecule has 0 saturated heterocycles. The van der Waals surface area contributed by atoms with Crippen molar-refractivity contribution in [1.29, 1.82) is 0 Å². The van der Waals surface area contributed by atoms with Crippen LogP contribution in [0.25, 0.3) is 0 Å². The third kappa shape index (κ3) is 2.28. The molecule has 0 aromatic carbocycles. The molecule has 82 valence electrons. The van der Waals surface area contributed by atoms with Crippen molar-refractivity contribution in [2.45, 2.75) is 13.3 Å². The summed E-state index contributed by atoms with van der Waals surface area (Å²) in [7, 11) is 0. The molecule has 0 atom stereocenters. The highest BCUT2D eigenvalue weighted by molar-refractivity contribution is 7.14. The third-order valence-corrected chi connectivity index (χ3v) is 4.26. The Morgan fingerprint density at radius 3 is 2.88 bits per heavy atom. The maximum Gasteiger partial charge on any atom is 0.177 e. The Balaban J connectivity index is 2.18. The lowest BCUT2D eigenvalue weighted by atomic mass is 10.2. The lowest BCUT2D eigenvalue weighted by Crippen LogP contribution is -1.99. The number of ketones is 1. The number of aldehydes is 1. The van der Waals surface area contributed by atoms with Gasteiger partial charge in [0.1, 0.15) is 0 Å². The van der Waals surface area contributed by atoms with E-state index < -0.39 is 0 Å². The largest absolute Gasteiger partial charge is 0.298 e. The highest BCUT2D eigenvalue weighted by Gasteiger charge is 2.12. The lowest BCUT2D eigenvalue weighted by Gasteiger charge is -1.93. The van der Waals surface area contributed by atoms with Gasteiger partial charge in [0, 0.05) is 21.7 Å². The molecule has 0 N–H and O–H groups in total. The van der Waals surface area contributed by atoms with E-state index in [0.29, 0.717) is 16.9 Å². The number of hydrogen-bond acceptors (Lipinski definition) is 4. The van der Waals surface area contributed by atoms with E-state index in [-0.39, 0.29) is 5.78 Å². The second-order valence-corrected chi connectivity index (χ2v) is 5.71. The van der Waals surface area contributed by atoms with Gasteiger partial charge in [-0.3, -0.25) is 9.59 Å². The second-order valence-electron chi connectivity index (χ2n) is 3.42. The summed E-state index contributed by atoms with van der Waals surface area (Å²) >= 11 is 2.97. The van der Waals surface area contributed by atoms with Crippen molar-refractivity contribution in [3.63, 3.8) is 0 Å². The molecule has 0 aliphatic heterocycles. The zero-order valence-electron chi connectivity index (χ0n) is 8.73.